The smallest absolute Gasteiger partial charge is 0.197 e. The predicted octanol–water partition coefficient (Wildman–Crippen LogP) is 0.146. The molecule has 0 bridgehead atoms. The summed E-state index contributed by atoms with van der Waals surface area (Å²) in [6.07, 6.45) is 2.67. The molecular formula is C9H19NO3. The highest BCUT2D eigenvalue weighted by molar-refractivity contribution is 4.76. The Morgan fingerprint density at radius 3 is 2.46 bits per heavy atom. The van der Waals surface area contributed by atoms with Crippen molar-refractivity contribution in [2.45, 2.75) is 38.7 Å². The Balaban J connectivity index is 2.14. The Labute approximate surface area is 79.1 Å². The van der Waals surface area contributed by atoms with Gasteiger partial charge >= 0.3 is 0 Å². The van der Waals surface area contributed by atoms with Crippen LogP contribution in [0.3, 0.4) is 0 Å². The van der Waals surface area contributed by atoms with Crippen molar-refractivity contribution in [3.8, 4) is 0 Å². The van der Waals surface area contributed by atoms with Crippen LogP contribution in [0.1, 0.15) is 26.2 Å². The molecule has 2 N–H and O–H groups in total. The van der Waals surface area contributed by atoms with Crippen LogP contribution in [0.5, 0.6) is 0 Å². The van der Waals surface area contributed by atoms with Gasteiger partial charge in [-0.3, -0.25) is 4.90 Å². The third kappa shape index (κ3) is 3.60. The van der Waals surface area contributed by atoms with Gasteiger partial charge in [-0.25, -0.2) is 0 Å². The first-order chi connectivity index (χ1) is 6.29. The van der Waals surface area contributed by atoms with Crippen molar-refractivity contribution < 1.29 is 14.9 Å². The first-order valence-electron chi connectivity index (χ1n) is 4.98. The molecule has 0 spiro atoms. The number of aliphatic hydroxyl groups is 2. The molecule has 0 aromatic rings. The van der Waals surface area contributed by atoms with E-state index >= 15 is 0 Å². The van der Waals surface area contributed by atoms with Gasteiger partial charge in [0.15, 0.2) is 12.5 Å². The van der Waals surface area contributed by atoms with Gasteiger partial charge in [-0.1, -0.05) is 19.8 Å². The van der Waals surface area contributed by atoms with Gasteiger partial charge in [0.25, 0.3) is 0 Å². The van der Waals surface area contributed by atoms with Crippen LogP contribution in [-0.2, 0) is 4.74 Å². The molecule has 1 fully saturated rings. The van der Waals surface area contributed by atoms with E-state index in [1.165, 1.54) is 12.8 Å². The lowest BCUT2D eigenvalue weighted by atomic mass is 10.2. The fourth-order valence-corrected chi connectivity index (χ4v) is 1.42. The molecule has 1 aliphatic heterocycles. The van der Waals surface area contributed by atoms with E-state index in [1.54, 1.807) is 0 Å². The van der Waals surface area contributed by atoms with Crippen LogP contribution >= 0.6 is 0 Å². The largest absolute Gasteiger partial charge is 0.395 e. The van der Waals surface area contributed by atoms with E-state index in [2.05, 4.69) is 6.92 Å². The number of ether oxygens (including phenoxy) is 1. The summed E-state index contributed by atoms with van der Waals surface area (Å²) in [7, 11) is 0. The van der Waals surface area contributed by atoms with E-state index in [4.69, 9.17) is 14.9 Å². The predicted molar refractivity (Wildman–Crippen MR) is 49.1 cm³/mol. The third-order valence-electron chi connectivity index (χ3n) is 2.24. The molecule has 2 unspecified atom stereocenters. The number of epoxide rings is 1. The zero-order valence-corrected chi connectivity index (χ0v) is 8.15. The molecule has 1 heterocycles. The molecule has 0 saturated carbocycles. The average Bonchev–Trinajstić information content (AvgIpc) is 2.82. The minimum absolute atomic E-state index is 0.124. The lowest BCUT2D eigenvalue weighted by Crippen LogP contribution is -2.32. The topological polar surface area (TPSA) is 56.2 Å². The van der Waals surface area contributed by atoms with Gasteiger partial charge in [-0.05, 0) is 6.42 Å². The van der Waals surface area contributed by atoms with E-state index in [0.29, 0.717) is 6.54 Å². The minimum Gasteiger partial charge on any atom is -0.395 e. The van der Waals surface area contributed by atoms with E-state index in [9.17, 15) is 0 Å². The Hall–Kier alpha value is -0.160. The van der Waals surface area contributed by atoms with Crippen molar-refractivity contribution in [2.24, 2.45) is 0 Å². The van der Waals surface area contributed by atoms with Crippen LogP contribution < -0.4 is 0 Å². The first kappa shape index (κ1) is 10.9. The molecule has 0 radical (unpaired) electrons. The van der Waals surface area contributed by atoms with Crippen LogP contribution in [0.4, 0.5) is 0 Å². The molecule has 2 atom stereocenters. The van der Waals surface area contributed by atoms with Crippen LogP contribution in [0.2, 0.25) is 0 Å². The number of aliphatic hydroxyl groups excluding tert-OH is 2. The molecule has 1 rings (SSSR count). The molecule has 0 amide bonds. The van der Waals surface area contributed by atoms with E-state index in [0.717, 1.165) is 13.0 Å². The average molecular weight is 189 g/mol. The monoisotopic (exact) mass is 189 g/mol. The van der Waals surface area contributed by atoms with Crippen LogP contribution in [0.25, 0.3) is 0 Å². The summed E-state index contributed by atoms with van der Waals surface area (Å²) in [4.78, 5) is 1.99. The normalized spacial score (nSPS) is 26.8. The second-order valence-corrected chi connectivity index (χ2v) is 3.38. The molecule has 0 aromatic carbocycles. The number of rotatable bonds is 7. The van der Waals surface area contributed by atoms with Crippen molar-refractivity contribution in [2.75, 3.05) is 19.7 Å². The summed E-state index contributed by atoms with van der Waals surface area (Å²) in [5.74, 6) is 0. The molecule has 78 valence electrons. The maximum Gasteiger partial charge on any atom is 0.197 e. The first-order valence-corrected chi connectivity index (χ1v) is 4.98. The maximum absolute atomic E-state index is 9.03. The number of hydrogen-bond acceptors (Lipinski definition) is 4. The lowest BCUT2D eigenvalue weighted by molar-refractivity contribution is 0.134. The third-order valence-corrected chi connectivity index (χ3v) is 2.24. The summed E-state index contributed by atoms with van der Waals surface area (Å²) in [6.45, 7) is 3.76. The van der Waals surface area contributed by atoms with E-state index in [-0.39, 0.29) is 12.8 Å². The van der Waals surface area contributed by atoms with Gasteiger partial charge in [0, 0.05) is 13.1 Å². The second-order valence-electron chi connectivity index (χ2n) is 3.38. The van der Waals surface area contributed by atoms with Crippen LogP contribution in [0, 0.1) is 0 Å². The van der Waals surface area contributed by atoms with Crippen LogP contribution in [0.15, 0.2) is 0 Å². The lowest BCUT2D eigenvalue weighted by Gasteiger charge is -2.17. The van der Waals surface area contributed by atoms with Gasteiger partial charge in [-0.2, -0.15) is 0 Å². The van der Waals surface area contributed by atoms with Crippen molar-refractivity contribution in [3.05, 3.63) is 0 Å². The Morgan fingerprint density at radius 1 is 1.31 bits per heavy atom. The van der Waals surface area contributed by atoms with Crippen molar-refractivity contribution in [1.29, 1.82) is 0 Å². The number of hydrogen-bond donors (Lipinski definition) is 2. The minimum atomic E-state index is -0.631. The van der Waals surface area contributed by atoms with E-state index < -0.39 is 6.29 Å². The second kappa shape index (κ2) is 5.54. The Bertz CT molecular complexity index is 143. The highest BCUT2D eigenvalue weighted by Crippen LogP contribution is 2.23. The standard InChI is InChI=1S/C9H19NO3/c1-2-3-4-5-10(6-7-11)8-9(12)13-8/h8-9,11-12H,2-7H2,1H3. The van der Waals surface area contributed by atoms with Gasteiger partial charge in [-0.15, -0.1) is 0 Å². The van der Waals surface area contributed by atoms with Crippen molar-refractivity contribution in [3.63, 3.8) is 0 Å². The number of nitrogens with zero attached hydrogens (tertiary/aromatic N) is 1. The zero-order chi connectivity index (χ0) is 9.68. The molecule has 1 aliphatic rings. The van der Waals surface area contributed by atoms with Gasteiger partial charge < -0.3 is 14.9 Å². The Kier molecular flexibility index (Phi) is 4.66. The van der Waals surface area contributed by atoms with Gasteiger partial charge in [0.05, 0.1) is 6.61 Å². The highest BCUT2D eigenvalue weighted by Gasteiger charge is 2.41. The molecule has 0 aromatic heterocycles. The molecular weight excluding hydrogens is 170 g/mol. The van der Waals surface area contributed by atoms with Crippen LogP contribution in [-0.4, -0.2) is 47.3 Å². The molecule has 4 heteroatoms. The molecule has 1 saturated heterocycles. The Morgan fingerprint density at radius 2 is 2.00 bits per heavy atom. The maximum atomic E-state index is 9.03. The SMILES string of the molecule is CCCCCN(CCO)C1OC1O. The summed E-state index contributed by atoms with van der Waals surface area (Å²) < 4.78 is 4.93. The summed E-state index contributed by atoms with van der Waals surface area (Å²) in [5.41, 5.74) is 0. The van der Waals surface area contributed by atoms with Gasteiger partial charge in [0.1, 0.15) is 0 Å². The molecule has 4 nitrogen and oxygen atoms in total. The zero-order valence-electron chi connectivity index (χ0n) is 8.15. The number of unbranched alkanes of at least 4 members (excludes halogenated alkanes) is 2. The highest BCUT2D eigenvalue weighted by atomic mass is 16.7. The van der Waals surface area contributed by atoms with Crippen molar-refractivity contribution in [1.82, 2.24) is 4.90 Å². The quantitative estimate of drug-likeness (QED) is 0.442. The summed E-state index contributed by atoms with van der Waals surface area (Å²) in [5, 5.41) is 17.8. The summed E-state index contributed by atoms with van der Waals surface area (Å²) in [6, 6.07) is 0. The van der Waals surface area contributed by atoms with Crippen molar-refractivity contribution >= 4 is 0 Å². The summed E-state index contributed by atoms with van der Waals surface area (Å²) >= 11 is 0. The fourth-order valence-electron chi connectivity index (χ4n) is 1.42. The van der Waals surface area contributed by atoms with Gasteiger partial charge in [0.2, 0.25) is 0 Å². The fraction of sp³-hybridized carbons (Fsp3) is 1.00. The van der Waals surface area contributed by atoms with E-state index in [1.807, 2.05) is 4.90 Å². The molecule has 13 heavy (non-hydrogen) atoms. The molecule has 0 aliphatic carbocycles.